The van der Waals surface area contributed by atoms with Gasteiger partial charge in [-0.05, 0) is 46.5 Å². The van der Waals surface area contributed by atoms with E-state index in [2.05, 4.69) is 17.2 Å². The van der Waals surface area contributed by atoms with Crippen LogP contribution in [0, 0.1) is 11.8 Å². The second-order valence-corrected chi connectivity index (χ2v) is 6.51. The number of ether oxygens (including phenoxy) is 2. The minimum Gasteiger partial charge on any atom is -0.444 e. The maximum absolute atomic E-state index is 12.1. The number of carbonyl (C=O) groups is 2. The second kappa shape index (κ2) is 7.50. The van der Waals surface area contributed by atoms with Gasteiger partial charge in [0.25, 0.3) is 5.91 Å². The zero-order chi connectivity index (χ0) is 16.8. The smallest absolute Gasteiger partial charge is 0.410 e. The van der Waals surface area contributed by atoms with E-state index in [1.54, 1.807) is 18.9 Å². The fourth-order valence-electron chi connectivity index (χ4n) is 2.41. The number of nitrogens with one attached hydrogen (secondary N) is 1. The second-order valence-electron chi connectivity index (χ2n) is 6.51. The summed E-state index contributed by atoms with van der Waals surface area (Å²) in [5, 5.41) is 2.93. The third kappa shape index (κ3) is 5.57. The largest absolute Gasteiger partial charge is 0.444 e. The normalized spacial score (nSPS) is 17.2. The number of methoxy groups -OCH3 is 1. The maximum atomic E-state index is 12.1. The summed E-state index contributed by atoms with van der Waals surface area (Å²) >= 11 is 0. The van der Waals surface area contributed by atoms with Crippen molar-refractivity contribution in [1.29, 1.82) is 0 Å². The first kappa shape index (κ1) is 18.3. The van der Waals surface area contributed by atoms with Gasteiger partial charge < -0.3 is 19.7 Å². The average Bonchev–Trinajstić information content (AvgIpc) is 2.37. The third-order valence-corrected chi connectivity index (χ3v) is 3.41. The summed E-state index contributed by atoms with van der Waals surface area (Å²) in [7, 11) is 1.60. The van der Waals surface area contributed by atoms with Crippen LogP contribution < -0.4 is 5.32 Å². The Bertz CT molecular complexity index is 463. The summed E-state index contributed by atoms with van der Waals surface area (Å²) < 4.78 is 10.6. The van der Waals surface area contributed by atoms with Crippen molar-refractivity contribution in [2.45, 2.75) is 51.7 Å². The van der Waals surface area contributed by atoms with Crippen molar-refractivity contribution in [2.24, 2.45) is 0 Å². The topological polar surface area (TPSA) is 67.9 Å². The molecule has 6 heteroatoms. The SMILES string of the molecule is CC#CC(=O)NC1(COC)CCN(C(=O)OC(C)(C)C)CC1. The molecule has 0 aromatic carbocycles. The molecule has 0 aromatic heterocycles. The molecule has 2 amide bonds. The molecule has 124 valence electrons. The van der Waals surface area contributed by atoms with Crippen molar-refractivity contribution in [3.63, 3.8) is 0 Å². The molecule has 1 saturated heterocycles. The van der Waals surface area contributed by atoms with Crippen molar-refractivity contribution in [3.8, 4) is 11.8 Å². The number of rotatable bonds is 3. The summed E-state index contributed by atoms with van der Waals surface area (Å²) in [6.45, 7) is 8.56. The van der Waals surface area contributed by atoms with Gasteiger partial charge in [-0.2, -0.15) is 0 Å². The number of amides is 2. The Morgan fingerprint density at radius 1 is 1.27 bits per heavy atom. The summed E-state index contributed by atoms with van der Waals surface area (Å²) in [4.78, 5) is 25.5. The van der Waals surface area contributed by atoms with Crippen LogP contribution in [-0.4, -0.2) is 54.8 Å². The van der Waals surface area contributed by atoms with Gasteiger partial charge in [-0.1, -0.05) is 5.92 Å². The predicted molar refractivity (Wildman–Crippen MR) is 83.2 cm³/mol. The molecule has 0 unspecified atom stereocenters. The van der Waals surface area contributed by atoms with E-state index in [1.807, 2.05) is 20.8 Å². The summed E-state index contributed by atoms with van der Waals surface area (Å²) in [5.74, 6) is 4.75. The molecule has 1 N–H and O–H groups in total. The number of carbonyl (C=O) groups excluding carboxylic acids is 2. The van der Waals surface area contributed by atoms with E-state index in [-0.39, 0.29) is 12.0 Å². The molecule has 1 aliphatic heterocycles. The van der Waals surface area contributed by atoms with Crippen LogP contribution in [-0.2, 0) is 14.3 Å². The molecule has 1 aliphatic rings. The molecule has 0 spiro atoms. The van der Waals surface area contributed by atoms with Crippen LogP contribution in [0.3, 0.4) is 0 Å². The molecular formula is C16H26N2O4. The van der Waals surface area contributed by atoms with E-state index < -0.39 is 11.1 Å². The lowest BCUT2D eigenvalue weighted by atomic mass is 9.88. The molecule has 22 heavy (non-hydrogen) atoms. The van der Waals surface area contributed by atoms with Crippen molar-refractivity contribution in [1.82, 2.24) is 10.2 Å². The van der Waals surface area contributed by atoms with E-state index in [4.69, 9.17) is 9.47 Å². The Labute approximate surface area is 132 Å². The molecule has 0 aromatic rings. The van der Waals surface area contributed by atoms with Crippen molar-refractivity contribution >= 4 is 12.0 Å². The lowest BCUT2D eigenvalue weighted by Crippen LogP contribution is -2.58. The van der Waals surface area contributed by atoms with Gasteiger partial charge in [-0.3, -0.25) is 4.79 Å². The molecule has 0 bridgehead atoms. The van der Waals surface area contributed by atoms with Gasteiger partial charge in [-0.25, -0.2) is 4.79 Å². The van der Waals surface area contributed by atoms with Gasteiger partial charge >= 0.3 is 6.09 Å². The van der Waals surface area contributed by atoms with Crippen LogP contribution in [0.1, 0.15) is 40.5 Å². The average molecular weight is 310 g/mol. The van der Waals surface area contributed by atoms with E-state index in [9.17, 15) is 9.59 Å². The molecule has 1 rings (SSSR count). The molecule has 1 fully saturated rings. The highest BCUT2D eigenvalue weighted by molar-refractivity contribution is 5.94. The van der Waals surface area contributed by atoms with Crippen LogP contribution in [0.2, 0.25) is 0 Å². The first-order chi connectivity index (χ1) is 10.2. The maximum Gasteiger partial charge on any atom is 0.410 e. The van der Waals surface area contributed by atoms with Crippen LogP contribution in [0.25, 0.3) is 0 Å². The number of hydrogen-bond donors (Lipinski definition) is 1. The van der Waals surface area contributed by atoms with E-state index >= 15 is 0 Å². The molecule has 0 aliphatic carbocycles. The van der Waals surface area contributed by atoms with E-state index in [0.29, 0.717) is 32.5 Å². The highest BCUT2D eigenvalue weighted by Gasteiger charge is 2.38. The van der Waals surface area contributed by atoms with Gasteiger partial charge in [0.05, 0.1) is 12.1 Å². The fraction of sp³-hybridized carbons (Fsp3) is 0.750. The van der Waals surface area contributed by atoms with Crippen LogP contribution in [0.5, 0.6) is 0 Å². The van der Waals surface area contributed by atoms with E-state index in [1.165, 1.54) is 0 Å². The highest BCUT2D eigenvalue weighted by atomic mass is 16.6. The van der Waals surface area contributed by atoms with Crippen LogP contribution in [0.4, 0.5) is 4.79 Å². The molecule has 6 nitrogen and oxygen atoms in total. The van der Waals surface area contributed by atoms with Crippen molar-refractivity contribution in [3.05, 3.63) is 0 Å². The zero-order valence-electron chi connectivity index (χ0n) is 14.1. The molecular weight excluding hydrogens is 284 g/mol. The quantitative estimate of drug-likeness (QED) is 0.803. The van der Waals surface area contributed by atoms with Crippen LogP contribution in [0.15, 0.2) is 0 Å². The van der Waals surface area contributed by atoms with Gasteiger partial charge in [0, 0.05) is 20.2 Å². The first-order valence-corrected chi connectivity index (χ1v) is 7.43. The Morgan fingerprint density at radius 3 is 2.32 bits per heavy atom. The number of piperidine rings is 1. The molecule has 1 heterocycles. The van der Waals surface area contributed by atoms with Crippen molar-refractivity contribution < 1.29 is 19.1 Å². The zero-order valence-corrected chi connectivity index (χ0v) is 14.1. The minimum absolute atomic E-state index is 0.315. The highest BCUT2D eigenvalue weighted by Crippen LogP contribution is 2.24. The summed E-state index contributed by atoms with van der Waals surface area (Å²) in [6, 6.07) is 0. The standard InChI is InChI=1S/C16H26N2O4/c1-6-7-13(19)17-16(12-21-5)8-10-18(11-9-16)14(20)22-15(2,3)4/h8-12H2,1-5H3,(H,17,19). The van der Waals surface area contributed by atoms with Gasteiger partial charge in [0.15, 0.2) is 0 Å². The molecule has 0 saturated carbocycles. The lowest BCUT2D eigenvalue weighted by Gasteiger charge is -2.41. The Balaban J connectivity index is 2.66. The number of nitrogens with zero attached hydrogens (tertiary/aromatic N) is 1. The summed E-state index contributed by atoms with van der Waals surface area (Å²) in [6.07, 6.45) is 0.896. The predicted octanol–water partition coefficient (Wildman–Crippen LogP) is 1.54. The summed E-state index contributed by atoms with van der Waals surface area (Å²) in [5.41, 5.74) is -0.989. The monoisotopic (exact) mass is 310 g/mol. The Kier molecular flexibility index (Phi) is 6.24. The third-order valence-electron chi connectivity index (χ3n) is 3.41. The number of likely N-dealkylation sites (tertiary alicyclic amines) is 1. The first-order valence-electron chi connectivity index (χ1n) is 7.43. The minimum atomic E-state index is -0.511. The van der Waals surface area contributed by atoms with Gasteiger partial charge in [0.1, 0.15) is 5.60 Å². The van der Waals surface area contributed by atoms with E-state index in [0.717, 1.165) is 0 Å². The fourth-order valence-corrected chi connectivity index (χ4v) is 2.41. The Morgan fingerprint density at radius 2 is 1.86 bits per heavy atom. The van der Waals surface area contributed by atoms with Crippen LogP contribution >= 0.6 is 0 Å². The number of hydrogen-bond acceptors (Lipinski definition) is 4. The van der Waals surface area contributed by atoms with Gasteiger partial charge in [-0.15, -0.1) is 0 Å². The van der Waals surface area contributed by atoms with Gasteiger partial charge in [0.2, 0.25) is 0 Å². The lowest BCUT2D eigenvalue weighted by molar-refractivity contribution is -0.119. The van der Waals surface area contributed by atoms with Crippen molar-refractivity contribution in [2.75, 3.05) is 26.8 Å². The molecule has 0 radical (unpaired) electrons. The Hall–Kier alpha value is -1.74. The molecule has 0 atom stereocenters.